The van der Waals surface area contributed by atoms with Gasteiger partial charge in [0.15, 0.2) is 0 Å². The number of hydrogen-bond acceptors (Lipinski definition) is 3. The molecule has 0 aromatic heterocycles. The van der Waals surface area contributed by atoms with E-state index in [1.54, 1.807) is 0 Å². The Morgan fingerprint density at radius 2 is 2.20 bits per heavy atom. The van der Waals surface area contributed by atoms with Crippen molar-refractivity contribution in [3.8, 4) is 0 Å². The number of ether oxygens (including phenoxy) is 1. The fraction of sp³-hybridized carbons (Fsp3) is 0.909. The molecule has 0 heterocycles. The first-order chi connectivity index (χ1) is 7.24. The Hall–Kier alpha value is -0.610. The second kappa shape index (κ2) is 6.80. The lowest BCUT2D eigenvalue weighted by Gasteiger charge is -2.28. The SMILES string of the molecule is CC1CCCCC1OCCNC(=O)CN. The molecule has 0 spiro atoms. The lowest BCUT2D eigenvalue weighted by Crippen LogP contribution is -2.34. The summed E-state index contributed by atoms with van der Waals surface area (Å²) in [6.07, 6.45) is 5.40. The van der Waals surface area contributed by atoms with Gasteiger partial charge in [-0.3, -0.25) is 4.79 Å². The molecule has 1 rings (SSSR count). The fourth-order valence-corrected chi connectivity index (χ4v) is 2.00. The Kier molecular flexibility index (Phi) is 5.65. The third-order valence-electron chi connectivity index (χ3n) is 2.97. The Balaban J connectivity index is 2.06. The topological polar surface area (TPSA) is 64.3 Å². The van der Waals surface area contributed by atoms with E-state index in [2.05, 4.69) is 12.2 Å². The summed E-state index contributed by atoms with van der Waals surface area (Å²) in [5, 5.41) is 2.70. The maximum atomic E-state index is 10.8. The van der Waals surface area contributed by atoms with Crippen LogP contribution in [0, 0.1) is 5.92 Å². The maximum Gasteiger partial charge on any atom is 0.233 e. The van der Waals surface area contributed by atoms with Crippen molar-refractivity contribution < 1.29 is 9.53 Å². The quantitative estimate of drug-likeness (QED) is 0.661. The fourth-order valence-electron chi connectivity index (χ4n) is 2.00. The molecular weight excluding hydrogens is 192 g/mol. The molecule has 0 bridgehead atoms. The van der Waals surface area contributed by atoms with E-state index < -0.39 is 0 Å². The van der Waals surface area contributed by atoms with Crippen molar-refractivity contribution >= 4 is 5.91 Å². The van der Waals surface area contributed by atoms with E-state index in [1.807, 2.05) is 0 Å². The molecule has 1 fully saturated rings. The average molecular weight is 214 g/mol. The van der Waals surface area contributed by atoms with Crippen LogP contribution in [0.25, 0.3) is 0 Å². The smallest absolute Gasteiger partial charge is 0.233 e. The summed E-state index contributed by atoms with van der Waals surface area (Å²) in [5.41, 5.74) is 5.17. The summed E-state index contributed by atoms with van der Waals surface area (Å²) < 4.78 is 5.73. The highest BCUT2D eigenvalue weighted by atomic mass is 16.5. The van der Waals surface area contributed by atoms with Gasteiger partial charge in [-0.2, -0.15) is 0 Å². The highest BCUT2D eigenvalue weighted by molar-refractivity contribution is 5.77. The van der Waals surface area contributed by atoms with Crippen LogP contribution in [0.4, 0.5) is 0 Å². The van der Waals surface area contributed by atoms with E-state index in [1.165, 1.54) is 19.3 Å². The molecule has 0 aliphatic heterocycles. The predicted molar refractivity (Wildman–Crippen MR) is 59.4 cm³/mol. The lowest BCUT2D eigenvalue weighted by molar-refractivity contribution is -0.120. The standard InChI is InChI=1S/C11H22N2O2/c1-9-4-2-3-5-10(9)15-7-6-13-11(14)8-12/h9-10H,2-8,12H2,1H3,(H,13,14). The first-order valence-electron chi connectivity index (χ1n) is 5.82. The van der Waals surface area contributed by atoms with Gasteiger partial charge in [-0.15, -0.1) is 0 Å². The van der Waals surface area contributed by atoms with Gasteiger partial charge in [-0.05, 0) is 18.8 Å². The molecule has 4 nitrogen and oxygen atoms in total. The summed E-state index contributed by atoms with van der Waals surface area (Å²) in [6.45, 7) is 3.46. The summed E-state index contributed by atoms with van der Waals surface area (Å²) in [7, 11) is 0. The molecule has 0 saturated heterocycles. The molecule has 1 aliphatic rings. The molecule has 2 unspecified atom stereocenters. The number of carbonyl (C=O) groups is 1. The molecule has 0 aromatic rings. The minimum Gasteiger partial charge on any atom is -0.376 e. The van der Waals surface area contributed by atoms with Crippen molar-refractivity contribution in [2.45, 2.75) is 38.7 Å². The van der Waals surface area contributed by atoms with E-state index >= 15 is 0 Å². The van der Waals surface area contributed by atoms with Gasteiger partial charge in [0.2, 0.25) is 5.91 Å². The maximum absolute atomic E-state index is 10.8. The number of nitrogens with two attached hydrogens (primary N) is 1. The van der Waals surface area contributed by atoms with E-state index in [-0.39, 0.29) is 12.5 Å². The van der Waals surface area contributed by atoms with E-state index in [9.17, 15) is 4.79 Å². The van der Waals surface area contributed by atoms with Crippen LogP contribution < -0.4 is 11.1 Å². The summed E-state index contributed by atoms with van der Waals surface area (Å²) in [5.74, 6) is 0.541. The van der Waals surface area contributed by atoms with Gasteiger partial charge in [-0.25, -0.2) is 0 Å². The zero-order chi connectivity index (χ0) is 11.1. The van der Waals surface area contributed by atoms with Gasteiger partial charge in [0, 0.05) is 6.54 Å². The van der Waals surface area contributed by atoms with Gasteiger partial charge < -0.3 is 15.8 Å². The Bertz CT molecular complexity index is 197. The van der Waals surface area contributed by atoms with Crippen LogP contribution in [0.15, 0.2) is 0 Å². The highest BCUT2D eigenvalue weighted by Gasteiger charge is 2.21. The molecule has 0 aromatic carbocycles. The monoisotopic (exact) mass is 214 g/mol. The van der Waals surface area contributed by atoms with E-state index in [0.29, 0.717) is 25.2 Å². The van der Waals surface area contributed by atoms with Gasteiger partial charge in [0.25, 0.3) is 0 Å². The Morgan fingerprint density at radius 1 is 1.47 bits per heavy atom. The predicted octanol–water partition coefficient (Wildman–Crippen LogP) is 0.657. The molecular formula is C11H22N2O2. The van der Waals surface area contributed by atoms with Crippen LogP contribution in [0.3, 0.4) is 0 Å². The molecule has 4 heteroatoms. The van der Waals surface area contributed by atoms with Gasteiger partial charge in [0.05, 0.1) is 19.3 Å². The normalized spacial score (nSPS) is 26.3. The number of amides is 1. The van der Waals surface area contributed by atoms with Crippen molar-refractivity contribution in [2.75, 3.05) is 19.7 Å². The van der Waals surface area contributed by atoms with Crippen molar-refractivity contribution in [1.29, 1.82) is 0 Å². The summed E-state index contributed by atoms with van der Waals surface area (Å²) in [6, 6.07) is 0. The van der Waals surface area contributed by atoms with Crippen LogP contribution in [-0.4, -0.2) is 31.7 Å². The van der Waals surface area contributed by atoms with Crippen molar-refractivity contribution in [3.05, 3.63) is 0 Å². The summed E-state index contributed by atoms with van der Waals surface area (Å²) >= 11 is 0. The summed E-state index contributed by atoms with van der Waals surface area (Å²) in [4.78, 5) is 10.8. The first kappa shape index (κ1) is 12.5. The van der Waals surface area contributed by atoms with Crippen LogP contribution in [0.2, 0.25) is 0 Å². The van der Waals surface area contributed by atoms with Gasteiger partial charge >= 0.3 is 0 Å². The zero-order valence-corrected chi connectivity index (χ0v) is 9.50. The third-order valence-corrected chi connectivity index (χ3v) is 2.97. The van der Waals surface area contributed by atoms with Crippen molar-refractivity contribution in [1.82, 2.24) is 5.32 Å². The second-order valence-corrected chi connectivity index (χ2v) is 4.23. The van der Waals surface area contributed by atoms with Crippen molar-refractivity contribution in [2.24, 2.45) is 11.7 Å². The third kappa shape index (κ3) is 4.62. The van der Waals surface area contributed by atoms with Crippen LogP contribution in [-0.2, 0) is 9.53 Å². The highest BCUT2D eigenvalue weighted by Crippen LogP contribution is 2.25. The molecule has 15 heavy (non-hydrogen) atoms. The average Bonchev–Trinajstić information content (AvgIpc) is 2.26. The van der Waals surface area contributed by atoms with Crippen molar-refractivity contribution in [3.63, 3.8) is 0 Å². The molecule has 88 valence electrons. The van der Waals surface area contributed by atoms with Crippen LogP contribution >= 0.6 is 0 Å². The molecule has 1 amide bonds. The molecule has 1 aliphatic carbocycles. The minimum atomic E-state index is -0.115. The van der Waals surface area contributed by atoms with Gasteiger partial charge in [0.1, 0.15) is 0 Å². The largest absolute Gasteiger partial charge is 0.376 e. The number of hydrogen-bond donors (Lipinski definition) is 2. The Morgan fingerprint density at radius 3 is 2.87 bits per heavy atom. The zero-order valence-electron chi connectivity index (χ0n) is 9.50. The molecule has 3 N–H and O–H groups in total. The number of carbonyl (C=O) groups excluding carboxylic acids is 1. The number of rotatable bonds is 5. The lowest BCUT2D eigenvalue weighted by atomic mass is 9.88. The van der Waals surface area contributed by atoms with Crippen LogP contribution in [0.5, 0.6) is 0 Å². The van der Waals surface area contributed by atoms with Crippen LogP contribution in [0.1, 0.15) is 32.6 Å². The Labute approximate surface area is 91.5 Å². The second-order valence-electron chi connectivity index (χ2n) is 4.23. The minimum absolute atomic E-state index is 0.0554. The van der Waals surface area contributed by atoms with Gasteiger partial charge in [-0.1, -0.05) is 19.8 Å². The number of nitrogens with one attached hydrogen (secondary N) is 1. The molecule has 1 saturated carbocycles. The molecule has 2 atom stereocenters. The van der Waals surface area contributed by atoms with E-state index in [4.69, 9.17) is 10.5 Å². The molecule has 0 radical (unpaired) electrons. The first-order valence-corrected chi connectivity index (χ1v) is 5.82. The van der Waals surface area contributed by atoms with E-state index in [0.717, 1.165) is 6.42 Å².